The van der Waals surface area contributed by atoms with E-state index >= 15 is 0 Å². The Bertz CT molecular complexity index is 1000. The van der Waals surface area contributed by atoms with E-state index in [9.17, 15) is 14.4 Å². The van der Waals surface area contributed by atoms with Gasteiger partial charge >= 0.3 is 5.97 Å². The molecule has 2 amide bonds. The summed E-state index contributed by atoms with van der Waals surface area (Å²) in [6.45, 7) is -0.399. The highest BCUT2D eigenvalue weighted by Gasteiger charge is 2.35. The number of nitrogens with zero attached hydrogens (tertiary/aromatic N) is 2. The number of para-hydroxylation sites is 1. The predicted molar refractivity (Wildman–Crippen MR) is 93.3 cm³/mol. The van der Waals surface area contributed by atoms with Crippen LogP contribution in [0.5, 0.6) is 0 Å². The third-order valence-electron chi connectivity index (χ3n) is 4.28. The van der Waals surface area contributed by atoms with Crippen molar-refractivity contribution >= 4 is 28.7 Å². The Labute approximate surface area is 149 Å². The van der Waals surface area contributed by atoms with Crippen LogP contribution in [0.1, 0.15) is 26.3 Å². The lowest BCUT2D eigenvalue weighted by Gasteiger charge is -2.14. The van der Waals surface area contributed by atoms with E-state index in [4.69, 9.17) is 4.74 Å². The van der Waals surface area contributed by atoms with Crippen LogP contribution < -0.4 is 0 Å². The average molecular weight is 346 g/mol. The Morgan fingerprint density at radius 2 is 1.62 bits per heavy atom. The Balaban J connectivity index is 1.45. The molecular formula is C20H14N2O4. The molecular weight excluding hydrogens is 332 g/mol. The summed E-state index contributed by atoms with van der Waals surface area (Å²) in [5.74, 6) is -1.44. The Morgan fingerprint density at radius 1 is 0.923 bits per heavy atom. The molecule has 128 valence electrons. The zero-order valence-corrected chi connectivity index (χ0v) is 13.7. The lowest BCUT2D eigenvalue weighted by molar-refractivity contribution is -0.145. The fourth-order valence-corrected chi connectivity index (χ4v) is 3.01. The van der Waals surface area contributed by atoms with Gasteiger partial charge in [0.1, 0.15) is 0 Å². The van der Waals surface area contributed by atoms with Crippen LogP contribution in [0.15, 0.2) is 60.8 Å². The molecule has 0 saturated carbocycles. The Morgan fingerprint density at radius 3 is 2.35 bits per heavy atom. The second kappa shape index (κ2) is 6.40. The summed E-state index contributed by atoms with van der Waals surface area (Å²) in [5, 5.41) is 0.929. The van der Waals surface area contributed by atoms with Crippen LogP contribution in [0.3, 0.4) is 0 Å². The van der Waals surface area contributed by atoms with E-state index in [1.165, 1.54) is 0 Å². The second-order valence-electron chi connectivity index (χ2n) is 5.90. The smallest absolute Gasteiger partial charge is 0.312 e. The van der Waals surface area contributed by atoms with Crippen molar-refractivity contribution in [2.24, 2.45) is 0 Å². The minimum absolute atomic E-state index is 0.0114. The van der Waals surface area contributed by atoms with Crippen LogP contribution >= 0.6 is 0 Å². The van der Waals surface area contributed by atoms with Crippen LogP contribution in [0.25, 0.3) is 10.9 Å². The highest BCUT2D eigenvalue weighted by atomic mass is 16.5. The van der Waals surface area contributed by atoms with Gasteiger partial charge in [-0.2, -0.15) is 0 Å². The number of imide groups is 1. The summed E-state index contributed by atoms with van der Waals surface area (Å²) in [7, 11) is 0. The molecule has 0 radical (unpaired) electrons. The molecule has 1 aliphatic heterocycles. The van der Waals surface area contributed by atoms with Crippen molar-refractivity contribution in [1.29, 1.82) is 0 Å². The molecule has 2 heterocycles. The molecule has 3 aromatic rings. The minimum Gasteiger partial charge on any atom is -0.443 e. The van der Waals surface area contributed by atoms with Gasteiger partial charge in [-0.05, 0) is 23.8 Å². The summed E-state index contributed by atoms with van der Waals surface area (Å²) in [4.78, 5) is 41.9. The average Bonchev–Trinajstić information content (AvgIpc) is 2.91. The third-order valence-corrected chi connectivity index (χ3v) is 4.28. The van der Waals surface area contributed by atoms with Crippen molar-refractivity contribution in [2.75, 3.05) is 6.73 Å². The van der Waals surface area contributed by atoms with Gasteiger partial charge in [-0.25, -0.2) is 4.90 Å². The SMILES string of the molecule is O=C(Cc1cccc2cccnc12)OCN1C(=O)c2ccccc2C1=O. The lowest BCUT2D eigenvalue weighted by atomic mass is 10.1. The number of ether oxygens (including phenoxy) is 1. The molecule has 1 aromatic heterocycles. The zero-order chi connectivity index (χ0) is 18.1. The van der Waals surface area contributed by atoms with Crippen LogP contribution in [-0.4, -0.2) is 34.4 Å². The number of benzene rings is 2. The maximum Gasteiger partial charge on any atom is 0.312 e. The van der Waals surface area contributed by atoms with Gasteiger partial charge in [0.25, 0.3) is 11.8 Å². The van der Waals surface area contributed by atoms with E-state index in [0.717, 1.165) is 21.4 Å². The minimum atomic E-state index is -0.528. The predicted octanol–water partition coefficient (Wildman–Crippen LogP) is 2.57. The number of aromatic nitrogens is 1. The maximum absolute atomic E-state index is 12.3. The zero-order valence-electron chi connectivity index (χ0n) is 13.7. The van der Waals surface area contributed by atoms with E-state index in [1.54, 1.807) is 36.5 Å². The van der Waals surface area contributed by atoms with Crippen molar-refractivity contribution < 1.29 is 19.1 Å². The van der Waals surface area contributed by atoms with Crippen molar-refractivity contribution in [3.05, 3.63) is 77.5 Å². The standard InChI is InChI=1S/C20H14N2O4/c23-17(11-14-6-3-5-13-7-4-10-21-18(13)14)26-12-22-19(24)15-8-1-2-9-16(15)20(22)25/h1-10H,11-12H2. The van der Waals surface area contributed by atoms with Crippen LogP contribution in [0.2, 0.25) is 0 Å². The summed E-state index contributed by atoms with van der Waals surface area (Å²) in [6.07, 6.45) is 1.67. The molecule has 6 heteroatoms. The number of carbonyl (C=O) groups excluding carboxylic acids is 3. The molecule has 26 heavy (non-hydrogen) atoms. The molecule has 0 unspecified atom stereocenters. The molecule has 4 rings (SSSR count). The van der Waals surface area contributed by atoms with Crippen molar-refractivity contribution in [1.82, 2.24) is 9.88 Å². The molecule has 0 atom stereocenters. The second-order valence-corrected chi connectivity index (χ2v) is 5.90. The summed E-state index contributed by atoms with van der Waals surface area (Å²) >= 11 is 0. The molecule has 0 bridgehead atoms. The number of fused-ring (bicyclic) bond motifs is 2. The first kappa shape index (κ1) is 16.0. The summed E-state index contributed by atoms with van der Waals surface area (Å²) < 4.78 is 5.17. The first-order valence-electron chi connectivity index (χ1n) is 8.08. The molecule has 0 saturated heterocycles. The van der Waals surface area contributed by atoms with Gasteiger partial charge in [-0.1, -0.05) is 36.4 Å². The van der Waals surface area contributed by atoms with E-state index in [1.807, 2.05) is 24.3 Å². The van der Waals surface area contributed by atoms with Crippen LogP contribution in [-0.2, 0) is 16.0 Å². The highest BCUT2D eigenvalue weighted by molar-refractivity contribution is 6.21. The van der Waals surface area contributed by atoms with E-state index in [2.05, 4.69) is 4.98 Å². The molecule has 0 N–H and O–H groups in total. The van der Waals surface area contributed by atoms with Crippen molar-refractivity contribution in [2.45, 2.75) is 6.42 Å². The number of hydrogen-bond donors (Lipinski definition) is 0. The van der Waals surface area contributed by atoms with Crippen LogP contribution in [0, 0.1) is 0 Å². The fraction of sp³-hybridized carbons (Fsp3) is 0.100. The van der Waals surface area contributed by atoms with Gasteiger partial charge < -0.3 is 4.74 Å². The number of pyridine rings is 1. The number of esters is 1. The molecule has 6 nitrogen and oxygen atoms in total. The highest BCUT2D eigenvalue weighted by Crippen LogP contribution is 2.22. The number of rotatable bonds is 4. The Hall–Kier alpha value is -3.54. The summed E-state index contributed by atoms with van der Waals surface area (Å²) in [5.41, 5.74) is 2.11. The fourth-order valence-electron chi connectivity index (χ4n) is 3.01. The molecule has 0 fully saturated rings. The molecule has 1 aliphatic rings. The molecule has 0 aliphatic carbocycles. The first-order chi connectivity index (χ1) is 12.6. The van der Waals surface area contributed by atoms with Gasteiger partial charge in [0.05, 0.1) is 23.1 Å². The van der Waals surface area contributed by atoms with Gasteiger partial charge in [-0.3, -0.25) is 19.4 Å². The first-order valence-corrected chi connectivity index (χ1v) is 8.08. The monoisotopic (exact) mass is 346 g/mol. The maximum atomic E-state index is 12.3. The topological polar surface area (TPSA) is 76.6 Å². The third kappa shape index (κ3) is 2.71. The number of amides is 2. The Kier molecular flexibility index (Phi) is 3.93. The molecule has 2 aromatic carbocycles. The van der Waals surface area contributed by atoms with Gasteiger partial charge in [0.15, 0.2) is 6.73 Å². The summed E-state index contributed by atoms with van der Waals surface area (Å²) in [6, 6.07) is 15.8. The van der Waals surface area contributed by atoms with Gasteiger partial charge in [0.2, 0.25) is 0 Å². The van der Waals surface area contributed by atoms with Crippen LogP contribution in [0.4, 0.5) is 0 Å². The lowest BCUT2D eigenvalue weighted by Crippen LogP contribution is -2.33. The van der Waals surface area contributed by atoms with E-state index in [-0.39, 0.29) is 6.42 Å². The van der Waals surface area contributed by atoms with Gasteiger partial charge in [0, 0.05) is 11.6 Å². The number of carbonyl (C=O) groups is 3. The number of hydrogen-bond acceptors (Lipinski definition) is 5. The largest absolute Gasteiger partial charge is 0.443 e. The van der Waals surface area contributed by atoms with Gasteiger partial charge in [-0.15, -0.1) is 0 Å². The van der Waals surface area contributed by atoms with Crippen molar-refractivity contribution in [3.63, 3.8) is 0 Å². The van der Waals surface area contributed by atoms with E-state index < -0.39 is 24.5 Å². The normalized spacial score (nSPS) is 13.2. The van der Waals surface area contributed by atoms with E-state index in [0.29, 0.717) is 11.1 Å². The van der Waals surface area contributed by atoms with Crippen molar-refractivity contribution in [3.8, 4) is 0 Å². The quantitative estimate of drug-likeness (QED) is 0.536. The molecule has 0 spiro atoms.